The lowest BCUT2D eigenvalue weighted by Crippen LogP contribution is -2.12. The smallest absolute Gasteiger partial charge is 0.231 e. The van der Waals surface area contributed by atoms with Gasteiger partial charge in [0, 0.05) is 13.1 Å². The molecule has 1 aliphatic heterocycles. The van der Waals surface area contributed by atoms with E-state index in [0.717, 1.165) is 30.3 Å². The Bertz CT molecular complexity index is 895. The molecule has 5 heteroatoms. The number of nitrogens with one attached hydrogen (secondary N) is 1. The Kier molecular flexibility index (Phi) is 6.80. The molecule has 0 bridgehead atoms. The standard InChI is InChI=1S/C23H23NO3.ClH/c1-17-2-4-19(5-3-17)15-25-21-9-6-18(7-10-21)13-24-14-20-8-11-22-23(12-20)27-16-26-22;/h2-12,24H,13-16H2,1H3;1H. The Balaban J connectivity index is 0.00000225. The maximum Gasteiger partial charge on any atom is 0.231 e. The molecule has 0 radical (unpaired) electrons. The van der Waals surface area contributed by atoms with Gasteiger partial charge in [-0.2, -0.15) is 0 Å². The highest BCUT2D eigenvalue weighted by atomic mass is 35.5. The van der Waals surface area contributed by atoms with Crippen molar-refractivity contribution in [1.82, 2.24) is 5.32 Å². The van der Waals surface area contributed by atoms with Crippen molar-refractivity contribution in [3.05, 3.63) is 89.0 Å². The summed E-state index contributed by atoms with van der Waals surface area (Å²) in [5.74, 6) is 2.53. The van der Waals surface area contributed by atoms with Crippen LogP contribution in [0.2, 0.25) is 0 Å². The van der Waals surface area contributed by atoms with Crippen LogP contribution in [-0.4, -0.2) is 6.79 Å². The van der Waals surface area contributed by atoms with Crippen LogP contribution in [0, 0.1) is 6.92 Å². The zero-order chi connectivity index (χ0) is 18.5. The van der Waals surface area contributed by atoms with Crippen LogP contribution in [0.4, 0.5) is 0 Å². The summed E-state index contributed by atoms with van der Waals surface area (Å²) in [7, 11) is 0. The van der Waals surface area contributed by atoms with E-state index in [4.69, 9.17) is 14.2 Å². The van der Waals surface area contributed by atoms with Gasteiger partial charge in [-0.05, 0) is 47.9 Å². The molecular weight excluding hydrogens is 374 g/mol. The average molecular weight is 398 g/mol. The van der Waals surface area contributed by atoms with Crippen molar-refractivity contribution in [1.29, 1.82) is 0 Å². The molecule has 3 aromatic carbocycles. The normalized spacial score (nSPS) is 11.8. The summed E-state index contributed by atoms with van der Waals surface area (Å²) >= 11 is 0. The van der Waals surface area contributed by atoms with E-state index in [1.165, 1.54) is 22.3 Å². The van der Waals surface area contributed by atoms with Gasteiger partial charge in [-0.1, -0.05) is 48.0 Å². The van der Waals surface area contributed by atoms with Crippen LogP contribution in [0.5, 0.6) is 17.2 Å². The third kappa shape index (κ3) is 5.18. The molecule has 1 heterocycles. The van der Waals surface area contributed by atoms with Crippen molar-refractivity contribution in [3.63, 3.8) is 0 Å². The number of ether oxygens (including phenoxy) is 3. The van der Waals surface area contributed by atoms with E-state index in [2.05, 4.69) is 54.7 Å². The lowest BCUT2D eigenvalue weighted by molar-refractivity contribution is 0.174. The third-order valence-corrected chi connectivity index (χ3v) is 4.54. The Morgan fingerprint density at radius 3 is 2.21 bits per heavy atom. The van der Waals surface area contributed by atoms with Crippen molar-refractivity contribution in [2.45, 2.75) is 26.6 Å². The fourth-order valence-corrected chi connectivity index (χ4v) is 2.96. The minimum Gasteiger partial charge on any atom is -0.489 e. The van der Waals surface area contributed by atoms with Crippen LogP contribution < -0.4 is 19.5 Å². The lowest BCUT2D eigenvalue weighted by Gasteiger charge is -2.09. The average Bonchev–Trinajstić information content (AvgIpc) is 3.16. The predicted octanol–water partition coefficient (Wildman–Crippen LogP) is 5.01. The van der Waals surface area contributed by atoms with Crippen LogP contribution in [-0.2, 0) is 19.7 Å². The molecule has 4 nitrogen and oxygen atoms in total. The predicted molar refractivity (Wildman–Crippen MR) is 112 cm³/mol. The third-order valence-electron chi connectivity index (χ3n) is 4.54. The molecule has 0 aliphatic carbocycles. The van der Waals surface area contributed by atoms with E-state index < -0.39 is 0 Å². The number of hydrogen-bond acceptors (Lipinski definition) is 4. The van der Waals surface area contributed by atoms with Gasteiger partial charge in [0.25, 0.3) is 0 Å². The van der Waals surface area contributed by atoms with Crippen LogP contribution in [0.25, 0.3) is 0 Å². The highest BCUT2D eigenvalue weighted by Gasteiger charge is 2.12. The fourth-order valence-electron chi connectivity index (χ4n) is 2.96. The summed E-state index contributed by atoms with van der Waals surface area (Å²) in [6.45, 7) is 4.56. The lowest BCUT2D eigenvalue weighted by atomic mass is 10.1. The molecule has 28 heavy (non-hydrogen) atoms. The van der Waals surface area contributed by atoms with Gasteiger partial charge >= 0.3 is 0 Å². The van der Waals surface area contributed by atoms with E-state index in [0.29, 0.717) is 13.4 Å². The fraction of sp³-hybridized carbons (Fsp3) is 0.217. The van der Waals surface area contributed by atoms with Crippen molar-refractivity contribution in [2.75, 3.05) is 6.79 Å². The summed E-state index contributed by atoms with van der Waals surface area (Å²) in [5.41, 5.74) is 4.84. The first kappa shape index (κ1) is 20.1. The number of rotatable bonds is 7. The first-order chi connectivity index (χ1) is 13.3. The SMILES string of the molecule is Cc1ccc(COc2ccc(CNCc3ccc4c(c3)OCO4)cc2)cc1.Cl. The van der Waals surface area contributed by atoms with E-state index in [-0.39, 0.29) is 12.4 Å². The molecule has 4 rings (SSSR count). The number of aryl methyl sites for hydroxylation is 1. The first-order valence-corrected chi connectivity index (χ1v) is 9.13. The van der Waals surface area contributed by atoms with Crippen LogP contribution in [0.1, 0.15) is 22.3 Å². The second-order valence-corrected chi connectivity index (χ2v) is 6.71. The molecule has 146 valence electrons. The van der Waals surface area contributed by atoms with Crippen LogP contribution >= 0.6 is 12.4 Å². The first-order valence-electron chi connectivity index (χ1n) is 9.13. The van der Waals surface area contributed by atoms with Gasteiger partial charge in [0.2, 0.25) is 6.79 Å². The summed E-state index contributed by atoms with van der Waals surface area (Å²) in [4.78, 5) is 0. The molecule has 0 amide bonds. The molecule has 0 aromatic heterocycles. The van der Waals surface area contributed by atoms with Crippen molar-refractivity contribution in [2.24, 2.45) is 0 Å². The van der Waals surface area contributed by atoms with Gasteiger partial charge in [0.15, 0.2) is 11.5 Å². The molecule has 3 aromatic rings. The van der Waals surface area contributed by atoms with Gasteiger partial charge in [0.05, 0.1) is 0 Å². The zero-order valence-electron chi connectivity index (χ0n) is 15.8. The molecule has 0 fully saturated rings. The Morgan fingerprint density at radius 2 is 1.43 bits per heavy atom. The van der Waals surface area contributed by atoms with Crippen molar-refractivity contribution >= 4 is 12.4 Å². The number of hydrogen-bond donors (Lipinski definition) is 1. The highest BCUT2D eigenvalue weighted by Crippen LogP contribution is 2.32. The molecule has 0 atom stereocenters. The molecule has 0 saturated carbocycles. The number of halogens is 1. The van der Waals surface area contributed by atoms with E-state index in [1.54, 1.807) is 0 Å². The van der Waals surface area contributed by atoms with E-state index in [9.17, 15) is 0 Å². The van der Waals surface area contributed by atoms with Crippen molar-refractivity contribution < 1.29 is 14.2 Å². The topological polar surface area (TPSA) is 39.7 Å². The van der Waals surface area contributed by atoms with Gasteiger partial charge in [0.1, 0.15) is 12.4 Å². The second kappa shape index (κ2) is 9.49. The van der Waals surface area contributed by atoms with Gasteiger partial charge in [-0.3, -0.25) is 0 Å². The van der Waals surface area contributed by atoms with Gasteiger partial charge < -0.3 is 19.5 Å². The summed E-state index contributed by atoms with van der Waals surface area (Å²) < 4.78 is 16.6. The van der Waals surface area contributed by atoms with Gasteiger partial charge in [-0.25, -0.2) is 0 Å². The molecule has 0 spiro atoms. The van der Waals surface area contributed by atoms with Crippen LogP contribution in [0.15, 0.2) is 66.7 Å². The maximum absolute atomic E-state index is 5.86. The number of fused-ring (bicyclic) bond motifs is 1. The van der Waals surface area contributed by atoms with Crippen molar-refractivity contribution in [3.8, 4) is 17.2 Å². The summed E-state index contributed by atoms with van der Waals surface area (Å²) in [6.07, 6.45) is 0. The Hall–Kier alpha value is -2.69. The van der Waals surface area contributed by atoms with E-state index in [1.807, 2.05) is 24.3 Å². The minimum absolute atomic E-state index is 0. The molecule has 1 N–H and O–H groups in total. The number of benzene rings is 3. The second-order valence-electron chi connectivity index (χ2n) is 6.71. The molecule has 1 aliphatic rings. The Labute approximate surface area is 171 Å². The molecular formula is C23H24ClNO3. The molecule has 0 saturated heterocycles. The monoisotopic (exact) mass is 397 g/mol. The molecule has 0 unspecified atom stereocenters. The maximum atomic E-state index is 5.86. The zero-order valence-corrected chi connectivity index (χ0v) is 16.6. The summed E-state index contributed by atoms with van der Waals surface area (Å²) in [6, 6.07) is 22.7. The highest BCUT2D eigenvalue weighted by molar-refractivity contribution is 5.85. The largest absolute Gasteiger partial charge is 0.489 e. The van der Waals surface area contributed by atoms with Crippen LogP contribution in [0.3, 0.4) is 0 Å². The van der Waals surface area contributed by atoms with Gasteiger partial charge in [-0.15, -0.1) is 12.4 Å². The minimum atomic E-state index is 0. The Morgan fingerprint density at radius 1 is 0.786 bits per heavy atom. The summed E-state index contributed by atoms with van der Waals surface area (Å²) in [5, 5.41) is 3.45. The van der Waals surface area contributed by atoms with E-state index >= 15 is 0 Å². The quantitative estimate of drug-likeness (QED) is 0.608.